The Morgan fingerprint density at radius 2 is 2.42 bits per heavy atom. The Kier molecular flexibility index (Phi) is 4.10. The lowest BCUT2D eigenvalue weighted by atomic mass is 10.5. The molecule has 0 amide bonds. The zero-order chi connectivity index (χ0) is 8.81. The summed E-state index contributed by atoms with van der Waals surface area (Å²) >= 11 is 1.69. The topological polar surface area (TPSA) is 59.2 Å². The highest BCUT2D eigenvalue weighted by atomic mass is 32.2. The van der Waals surface area contributed by atoms with Gasteiger partial charge in [-0.3, -0.25) is 0 Å². The fourth-order valence-electron chi connectivity index (χ4n) is 0.725. The summed E-state index contributed by atoms with van der Waals surface area (Å²) in [5, 5.41) is 12.2. The van der Waals surface area contributed by atoms with Crippen LogP contribution in [0.15, 0.2) is 4.52 Å². The number of aliphatic hydroxyl groups is 1. The van der Waals surface area contributed by atoms with E-state index in [9.17, 15) is 0 Å². The minimum Gasteiger partial charge on any atom is -0.396 e. The first kappa shape index (κ1) is 9.54. The maximum atomic E-state index is 8.50. The molecule has 68 valence electrons. The highest BCUT2D eigenvalue weighted by Crippen LogP contribution is 2.10. The van der Waals surface area contributed by atoms with Crippen molar-refractivity contribution in [3.63, 3.8) is 0 Å². The van der Waals surface area contributed by atoms with E-state index in [2.05, 4.69) is 10.1 Å². The van der Waals surface area contributed by atoms with Gasteiger partial charge in [0.05, 0.1) is 5.75 Å². The first-order valence-electron chi connectivity index (χ1n) is 3.80. The molecule has 1 aromatic heterocycles. The Morgan fingerprint density at radius 1 is 1.58 bits per heavy atom. The van der Waals surface area contributed by atoms with Crippen LogP contribution in [0.5, 0.6) is 0 Å². The van der Waals surface area contributed by atoms with Crippen LogP contribution in [0.4, 0.5) is 0 Å². The fraction of sp³-hybridized carbons (Fsp3) is 0.714. The summed E-state index contributed by atoms with van der Waals surface area (Å²) < 4.78 is 4.90. The van der Waals surface area contributed by atoms with Crippen molar-refractivity contribution in [2.75, 3.05) is 12.4 Å². The number of nitrogens with zero attached hydrogens (tertiary/aromatic N) is 2. The Labute approximate surface area is 75.4 Å². The highest BCUT2D eigenvalue weighted by molar-refractivity contribution is 7.98. The van der Waals surface area contributed by atoms with Crippen LogP contribution in [0, 0.1) is 6.92 Å². The molecule has 1 rings (SSSR count). The van der Waals surface area contributed by atoms with Crippen LogP contribution in [0.2, 0.25) is 0 Å². The predicted octanol–water partition coefficient (Wildman–Crippen LogP) is 0.994. The number of hydrogen-bond donors (Lipinski definition) is 1. The molecule has 0 aliphatic carbocycles. The Morgan fingerprint density at radius 3 is 3.00 bits per heavy atom. The highest BCUT2D eigenvalue weighted by Gasteiger charge is 2.01. The smallest absolute Gasteiger partial charge is 0.236 e. The van der Waals surface area contributed by atoms with Gasteiger partial charge in [-0.05, 0) is 19.1 Å². The lowest BCUT2D eigenvalue weighted by molar-refractivity contribution is 0.296. The van der Waals surface area contributed by atoms with E-state index in [-0.39, 0.29) is 6.61 Å². The summed E-state index contributed by atoms with van der Waals surface area (Å²) in [4.78, 5) is 4.05. The van der Waals surface area contributed by atoms with Crippen LogP contribution < -0.4 is 0 Å². The third-order valence-electron chi connectivity index (χ3n) is 1.24. The second-order valence-corrected chi connectivity index (χ2v) is 3.47. The third kappa shape index (κ3) is 3.23. The zero-order valence-electron chi connectivity index (χ0n) is 6.99. The number of aliphatic hydroxyl groups excluding tert-OH is 1. The van der Waals surface area contributed by atoms with E-state index in [1.54, 1.807) is 18.7 Å². The minimum atomic E-state index is 0.246. The molecule has 0 radical (unpaired) electrons. The number of hydrogen-bond acceptors (Lipinski definition) is 5. The summed E-state index contributed by atoms with van der Waals surface area (Å²) in [7, 11) is 0. The minimum absolute atomic E-state index is 0.246. The quantitative estimate of drug-likeness (QED) is 0.698. The fourth-order valence-corrected chi connectivity index (χ4v) is 1.49. The summed E-state index contributed by atoms with van der Waals surface area (Å²) in [5.74, 6) is 3.00. The Balaban J connectivity index is 2.15. The van der Waals surface area contributed by atoms with Crippen molar-refractivity contribution in [3.05, 3.63) is 11.7 Å². The number of aryl methyl sites for hydroxylation is 1. The van der Waals surface area contributed by atoms with Gasteiger partial charge >= 0.3 is 0 Å². The number of rotatable bonds is 5. The summed E-state index contributed by atoms with van der Waals surface area (Å²) in [6.07, 6.45) is 0.817. The molecule has 0 aromatic carbocycles. The summed E-state index contributed by atoms with van der Waals surface area (Å²) in [5.41, 5.74) is 0. The predicted molar refractivity (Wildman–Crippen MR) is 46.9 cm³/mol. The Bertz CT molecular complexity index is 227. The van der Waals surface area contributed by atoms with Crippen LogP contribution in [0.3, 0.4) is 0 Å². The molecular formula is C7H12N2O2S. The first-order valence-corrected chi connectivity index (χ1v) is 4.96. The number of aromatic nitrogens is 2. The molecule has 0 fully saturated rings. The average molecular weight is 188 g/mol. The lowest BCUT2D eigenvalue weighted by Gasteiger charge is -1.93. The maximum absolute atomic E-state index is 8.50. The molecule has 0 spiro atoms. The van der Waals surface area contributed by atoms with E-state index < -0.39 is 0 Å². The van der Waals surface area contributed by atoms with Crippen LogP contribution in [-0.2, 0) is 5.75 Å². The van der Waals surface area contributed by atoms with Crippen LogP contribution in [0.1, 0.15) is 18.1 Å². The molecule has 0 unspecified atom stereocenters. The van der Waals surface area contributed by atoms with Crippen molar-refractivity contribution in [3.8, 4) is 0 Å². The van der Waals surface area contributed by atoms with Gasteiger partial charge in [0.25, 0.3) is 0 Å². The van der Waals surface area contributed by atoms with Gasteiger partial charge in [0.1, 0.15) is 0 Å². The van der Waals surface area contributed by atoms with Crippen molar-refractivity contribution in [2.24, 2.45) is 0 Å². The van der Waals surface area contributed by atoms with Crippen LogP contribution in [0.25, 0.3) is 0 Å². The van der Waals surface area contributed by atoms with Crippen molar-refractivity contribution in [1.82, 2.24) is 10.1 Å². The molecule has 0 aliphatic rings. The summed E-state index contributed by atoms with van der Waals surface area (Å²) in [6, 6.07) is 0. The van der Waals surface area contributed by atoms with Gasteiger partial charge < -0.3 is 9.63 Å². The second kappa shape index (κ2) is 5.16. The standard InChI is InChI=1S/C7H12N2O2S/c1-6-8-7(11-9-6)5-12-4-2-3-10/h10H,2-5H2,1H3. The van der Waals surface area contributed by atoms with E-state index in [0.717, 1.165) is 17.9 Å². The van der Waals surface area contributed by atoms with E-state index in [4.69, 9.17) is 9.63 Å². The molecule has 0 bridgehead atoms. The molecule has 12 heavy (non-hydrogen) atoms. The Hall–Kier alpha value is -0.550. The van der Waals surface area contributed by atoms with E-state index >= 15 is 0 Å². The molecule has 1 aromatic rings. The summed E-state index contributed by atoms with van der Waals surface area (Å²) in [6.45, 7) is 2.04. The molecule has 0 saturated carbocycles. The van der Waals surface area contributed by atoms with Gasteiger partial charge in [0.15, 0.2) is 5.82 Å². The molecule has 4 nitrogen and oxygen atoms in total. The van der Waals surface area contributed by atoms with Crippen molar-refractivity contribution >= 4 is 11.8 Å². The molecule has 5 heteroatoms. The largest absolute Gasteiger partial charge is 0.396 e. The van der Waals surface area contributed by atoms with Crippen LogP contribution in [-0.4, -0.2) is 27.6 Å². The van der Waals surface area contributed by atoms with Crippen molar-refractivity contribution in [1.29, 1.82) is 0 Å². The monoisotopic (exact) mass is 188 g/mol. The van der Waals surface area contributed by atoms with Crippen molar-refractivity contribution in [2.45, 2.75) is 19.1 Å². The van der Waals surface area contributed by atoms with Gasteiger partial charge in [-0.2, -0.15) is 16.7 Å². The van der Waals surface area contributed by atoms with Gasteiger partial charge in [-0.15, -0.1) is 0 Å². The zero-order valence-corrected chi connectivity index (χ0v) is 7.80. The molecular weight excluding hydrogens is 176 g/mol. The normalized spacial score (nSPS) is 10.5. The molecule has 1 N–H and O–H groups in total. The van der Waals surface area contributed by atoms with Gasteiger partial charge in [0.2, 0.25) is 5.89 Å². The van der Waals surface area contributed by atoms with Gasteiger partial charge in [-0.1, -0.05) is 5.16 Å². The van der Waals surface area contributed by atoms with E-state index in [1.807, 2.05) is 0 Å². The van der Waals surface area contributed by atoms with E-state index in [0.29, 0.717) is 11.7 Å². The molecule has 1 heterocycles. The molecule has 0 aliphatic heterocycles. The third-order valence-corrected chi connectivity index (χ3v) is 2.27. The van der Waals surface area contributed by atoms with E-state index in [1.165, 1.54) is 0 Å². The second-order valence-electron chi connectivity index (χ2n) is 2.37. The van der Waals surface area contributed by atoms with Crippen molar-refractivity contribution < 1.29 is 9.63 Å². The average Bonchev–Trinajstić information content (AvgIpc) is 2.45. The first-order chi connectivity index (χ1) is 5.83. The lowest BCUT2D eigenvalue weighted by Crippen LogP contribution is -1.87. The number of thioether (sulfide) groups is 1. The SMILES string of the molecule is Cc1noc(CSCCCO)n1. The maximum Gasteiger partial charge on any atom is 0.236 e. The van der Waals surface area contributed by atoms with Gasteiger partial charge in [0, 0.05) is 6.61 Å². The molecule has 0 saturated heterocycles. The van der Waals surface area contributed by atoms with Crippen LogP contribution >= 0.6 is 11.8 Å². The molecule has 0 atom stereocenters. The van der Waals surface area contributed by atoms with Gasteiger partial charge in [-0.25, -0.2) is 0 Å².